The van der Waals surface area contributed by atoms with Crippen LogP contribution in [0.25, 0.3) is 5.00 Å². The number of carbonyl (C=O) groups is 1. The van der Waals surface area contributed by atoms with Crippen molar-refractivity contribution in [2.24, 2.45) is 0 Å². The Morgan fingerprint density at radius 1 is 1.50 bits per heavy atom. The first-order valence-electron chi connectivity index (χ1n) is 3.87. The molecule has 1 N–H and O–H groups in total. The summed E-state index contributed by atoms with van der Waals surface area (Å²) in [4.78, 5) is 11.1. The molecule has 0 radical (unpaired) electrons. The Hall–Kier alpha value is -1.69. The van der Waals surface area contributed by atoms with Gasteiger partial charge < -0.3 is 5.11 Å². The molecule has 5 nitrogen and oxygen atoms in total. The van der Waals surface area contributed by atoms with Crippen molar-refractivity contribution < 1.29 is 9.90 Å². The van der Waals surface area contributed by atoms with Crippen molar-refractivity contribution in [1.29, 1.82) is 0 Å². The van der Waals surface area contributed by atoms with Crippen LogP contribution in [0.4, 0.5) is 0 Å². The number of aromatic nitrogens is 3. The van der Waals surface area contributed by atoms with Crippen LogP contribution in [-0.2, 0) is 0 Å². The van der Waals surface area contributed by atoms with Crippen molar-refractivity contribution in [3.05, 3.63) is 29.2 Å². The van der Waals surface area contributed by atoms with Crippen LogP contribution in [0.5, 0.6) is 0 Å². The molecule has 0 saturated carbocycles. The molecular weight excluding hydrogens is 202 g/mol. The third-order valence-corrected chi connectivity index (χ3v) is 3.01. The highest BCUT2D eigenvalue weighted by Gasteiger charge is 2.12. The Morgan fingerprint density at radius 2 is 2.14 bits per heavy atom. The smallest absolute Gasteiger partial charge is 0.346 e. The van der Waals surface area contributed by atoms with Gasteiger partial charge in [0.1, 0.15) is 22.5 Å². The summed E-state index contributed by atoms with van der Waals surface area (Å²) in [6.45, 7) is 1.77. The molecule has 0 amide bonds. The van der Waals surface area contributed by atoms with Crippen molar-refractivity contribution in [3.8, 4) is 5.00 Å². The predicted octanol–water partition coefficient (Wildman–Crippen LogP) is 1.34. The van der Waals surface area contributed by atoms with E-state index in [1.807, 2.05) is 0 Å². The van der Waals surface area contributed by atoms with Gasteiger partial charge >= 0.3 is 5.97 Å². The monoisotopic (exact) mass is 209 g/mol. The Morgan fingerprint density at radius 3 is 2.64 bits per heavy atom. The highest BCUT2D eigenvalue weighted by molar-refractivity contribution is 7.16. The molecular formula is C8H7N3O2S. The summed E-state index contributed by atoms with van der Waals surface area (Å²) in [5.74, 6) is -0.896. The van der Waals surface area contributed by atoms with Crippen LogP contribution in [-0.4, -0.2) is 25.8 Å². The normalized spacial score (nSPS) is 10.4. The molecule has 0 aliphatic carbocycles. The van der Waals surface area contributed by atoms with Gasteiger partial charge in [0.05, 0.1) is 0 Å². The summed E-state index contributed by atoms with van der Waals surface area (Å²) in [7, 11) is 0. The Bertz CT molecular complexity index is 461. The number of carboxylic acids is 1. The van der Waals surface area contributed by atoms with Gasteiger partial charge in [-0.2, -0.15) is 0 Å². The van der Waals surface area contributed by atoms with E-state index in [0.717, 1.165) is 10.6 Å². The van der Waals surface area contributed by atoms with Crippen LogP contribution in [0.3, 0.4) is 0 Å². The lowest BCUT2D eigenvalue weighted by Gasteiger charge is -1.91. The van der Waals surface area contributed by atoms with Gasteiger partial charge in [-0.25, -0.2) is 4.79 Å². The number of hydrogen-bond acceptors (Lipinski definition) is 4. The molecule has 14 heavy (non-hydrogen) atoms. The number of thiophene rings is 1. The largest absolute Gasteiger partial charge is 0.477 e. The van der Waals surface area contributed by atoms with E-state index < -0.39 is 5.97 Å². The molecule has 0 fully saturated rings. The highest BCUT2D eigenvalue weighted by atomic mass is 32.1. The van der Waals surface area contributed by atoms with E-state index in [2.05, 4.69) is 10.2 Å². The lowest BCUT2D eigenvalue weighted by Crippen LogP contribution is -1.93. The van der Waals surface area contributed by atoms with Gasteiger partial charge in [0.2, 0.25) is 0 Å². The van der Waals surface area contributed by atoms with Gasteiger partial charge in [-0.15, -0.1) is 21.5 Å². The summed E-state index contributed by atoms with van der Waals surface area (Å²) in [5, 5.41) is 17.0. The van der Waals surface area contributed by atoms with E-state index in [4.69, 9.17) is 5.11 Å². The lowest BCUT2D eigenvalue weighted by molar-refractivity contribution is 0.0701. The number of hydrogen-bond donors (Lipinski definition) is 1. The third kappa shape index (κ3) is 1.39. The summed E-state index contributed by atoms with van der Waals surface area (Å²) < 4.78 is 1.68. The fourth-order valence-electron chi connectivity index (χ4n) is 1.12. The fraction of sp³-hybridized carbons (Fsp3) is 0.125. The minimum Gasteiger partial charge on any atom is -0.477 e. The maximum absolute atomic E-state index is 10.8. The number of rotatable bonds is 2. The standard InChI is InChI=1S/C8H7N3O2S/c1-5-2-6(11-3-9-10-4-11)14-7(5)8(12)13/h2-4H,1H3,(H,12,13). The van der Waals surface area contributed by atoms with Crippen LogP contribution in [0.2, 0.25) is 0 Å². The molecule has 0 spiro atoms. The first-order chi connectivity index (χ1) is 6.68. The average Bonchev–Trinajstić information content (AvgIpc) is 2.70. The summed E-state index contributed by atoms with van der Waals surface area (Å²) in [5.41, 5.74) is 0.756. The van der Waals surface area contributed by atoms with E-state index in [1.165, 1.54) is 24.0 Å². The predicted molar refractivity (Wildman–Crippen MR) is 50.9 cm³/mol. The van der Waals surface area contributed by atoms with Crippen LogP contribution in [0, 0.1) is 6.92 Å². The number of carboxylic acid groups (broad SMARTS) is 1. The number of aromatic carboxylic acids is 1. The number of nitrogens with zero attached hydrogens (tertiary/aromatic N) is 3. The van der Waals surface area contributed by atoms with Crippen LogP contribution < -0.4 is 0 Å². The first kappa shape index (κ1) is 8.89. The minimum absolute atomic E-state index is 0.355. The maximum Gasteiger partial charge on any atom is 0.346 e. The topological polar surface area (TPSA) is 68.0 Å². The Kier molecular flexibility index (Phi) is 2.05. The maximum atomic E-state index is 10.8. The summed E-state index contributed by atoms with van der Waals surface area (Å²) in [6.07, 6.45) is 3.08. The highest BCUT2D eigenvalue weighted by Crippen LogP contribution is 2.24. The molecule has 0 bridgehead atoms. The SMILES string of the molecule is Cc1cc(-n2cnnc2)sc1C(=O)O. The molecule has 2 aromatic rings. The van der Waals surface area contributed by atoms with Gasteiger partial charge in [0.25, 0.3) is 0 Å². The molecule has 0 aliphatic heterocycles. The zero-order valence-corrected chi connectivity index (χ0v) is 8.15. The molecule has 0 aliphatic rings. The van der Waals surface area contributed by atoms with Gasteiger partial charge in [-0.3, -0.25) is 4.57 Å². The van der Waals surface area contributed by atoms with E-state index in [0.29, 0.717) is 4.88 Å². The molecule has 72 valence electrons. The summed E-state index contributed by atoms with van der Waals surface area (Å²) in [6, 6.07) is 1.80. The second-order valence-electron chi connectivity index (χ2n) is 2.77. The van der Waals surface area contributed by atoms with Gasteiger partial charge in [-0.1, -0.05) is 0 Å². The zero-order chi connectivity index (χ0) is 10.1. The Labute approximate surface area is 83.6 Å². The molecule has 2 heterocycles. The average molecular weight is 209 g/mol. The molecule has 0 unspecified atom stereocenters. The van der Waals surface area contributed by atoms with Crippen molar-refractivity contribution in [2.45, 2.75) is 6.92 Å². The van der Waals surface area contributed by atoms with Gasteiger partial charge in [-0.05, 0) is 18.6 Å². The molecule has 2 rings (SSSR count). The van der Waals surface area contributed by atoms with Crippen LogP contribution >= 0.6 is 11.3 Å². The van der Waals surface area contributed by atoms with Crippen molar-refractivity contribution >= 4 is 17.3 Å². The van der Waals surface area contributed by atoms with E-state index in [-0.39, 0.29) is 0 Å². The molecule has 6 heteroatoms. The molecule has 2 aromatic heterocycles. The third-order valence-electron chi connectivity index (χ3n) is 1.77. The van der Waals surface area contributed by atoms with Gasteiger partial charge in [0.15, 0.2) is 0 Å². The quantitative estimate of drug-likeness (QED) is 0.810. The Balaban J connectivity index is 2.48. The second-order valence-corrected chi connectivity index (χ2v) is 3.80. The molecule has 0 saturated heterocycles. The zero-order valence-electron chi connectivity index (χ0n) is 7.34. The van der Waals surface area contributed by atoms with E-state index in [9.17, 15) is 4.79 Å². The van der Waals surface area contributed by atoms with Crippen molar-refractivity contribution in [3.63, 3.8) is 0 Å². The number of aryl methyl sites for hydroxylation is 1. The van der Waals surface area contributed by atoms with E-state index in [1.54, 1.807) is 17.6 Å². The summed E-state index contributed by atoms with van der Waals surface area (Å²) >= 11 is 1.21. The minimum atomic E-state index is -0.896. The van der Waals surface area contributed by atoms with Crippen molar-refractivity contribution in [2.75, 3.05) is 0 Å². The molecule has 0 aromatic carbocycles. The van der Waals surface area contributed by atoms with Crippen LogP contribution in [0.15, 0.2) is 18.7 Å². The fourth-order valence-corrected chi connectivity index (χ4v) is 2.07. The molecule has 0 atom stereocenters. The van der Waals surface area contributed by atoms with E-state index >= 15 is 0 Å². The van der Waals surface area contributed by atoms with Gasteiger partial charge in [0, 0.05) is 0 Å². The first-order valence-corrected chi connectivity index (χ1v) is 4.69. The van der Waals surface area contributed by atoms with Crippen molar-refractivity contribution in [1.82, 2.24) is 14.8 Å². The lowest BCUT2D eigenvalue weighted by atomic mass is 10.3. The second kappa shape index (κ2) is 3.22. The van der Waals surface area contributed by atoms with Crippen LogP contribution in [0.1, 0.15) is 15.2 Å².